The van der Waals surface area contributed by atoms with Gasteiger partial charge in [-0.2, -0.15) is 5.10 Å². The minimum Gasteiger partial charge on any atom is -0.387 e. The molecule has 1 rings (SSSR count). The summed E-state index contributed by atoms with van der Waals surface area (Å²) in [6.45, 7) is 6.61. The monoisotopic (exact) mass is 205 g/mol. The second-order valence-electron chi connectivity index (χ2n) is 4.08. The van der Waals surface area contributed by atoms with Crippen LogP contribution in [0.15, 0.2) is 12.3 Å². The van der Waals surface area contributed by atoms with Crippen LogP contribution in [-0.2, 0) is 0 Å². The van der Waals surface area contributed by atoms with Gasteiger partial charge in [0.25, 0.3) is 0 Å². The first-order chi connectivity index (χ1) is 6.51. The van der Waals surface area contributed by atoms with E-state index in [-0.39, 0.29) is 0 Å². The van der Waals surface area contributed by atoms with E-state index >= 15 is 0 Å². The average molecular weight is 205 g/mol. The van der Waals surface area contributed by atoms with Gasteiger partial charge >= 0.3 is 0 Å². The minimum atomic E-state index is -1.32. The predicted octanol–water partition coefficient (Wildman–Crippen LogP) is 1.75. The smallest absolute Gasteiger partial charge is 0.137 e. The van der Waals surface area contributed by atoms with Crippen LogP contribution in [0.1, 0.15) is 5.69 Å². The van der Waals surface area contributed by atoms with Gasteiger partial charge in [0, 0.05) is 7.05 Å². The van der Waals surface area contributed by atoms with E-state index in [1.807, 2.05) is 13.1 Å². The molecule has 0 fully saturated rings. The van der Waals surface area contributed by atoms with Gasteiger partial charge in [0.15, 0.2) is 0 Å². The summed E-state index contributed by atoms with van der Waals surface area (Å²) in [5.41, 5.74) is 4.93. The van der Waals surface area contributed by atoms with Crippen molar-refractivity contribution in [1.82, 2.24) is 10.2 Å². The number of nitrogens with one attached hydrogen (secondary N) is 1. The van der Waals surface area contributed by atoms with Crippen LogP contribution in [0.5, 0.6) is 0 Å². The predicted molar refractivity (Wildman–Crippen MR) is 61.8 cm³/mol. The van der Waals surface area contributed by atoms with Crippen molar-refractivity contribution in [2.45, 2.75) is 19.6 Å². The Labute approximate surface area is 86.0 Å². The molecule has 0 aliphatic rings. The largest absolute Gasteiger partial charge is 0.387 e. The molecule has 4 heteroatoms. The molecular formula is C10H15N3Si. The van der Waals surface area contributed by atoms with Crippen LogP contribution < -0.4 is 5.32 Å². The van der Waals surface area contributed by atoms with E-state index in [2.05, 4.69) is 46.6 Å². The molecule has 0 saturated carbocycles. The Morgan fingerprint density at radius 3 is 2.64 bits per heavy atom. The van der Waals surface area contributed by atoms with Crippen molar-refractivity contribution >= 4 is 13.8 Å². The van der Waals surface area contributed by atoms with Crippen molar-refractivity contribution in [2.24, 2.45) is 0 Å². The second kappa shape index (κ2) is 4.25. The fourth-order valence-corrected chi connectivity index (χ4v) is 1.32. The second-order valence-corrected chi connectivity index (χ2v) is 8.83. The Morgan fingerprint density at radius 1 is 1.36 bits per heavy atom. The third-order valence-corrected chi connectivity index (χ3v) is 2.38. The van der Waals surface area contributed by atoms with Crippen LogP contribution in [-0.4, -0.2) is 25.3 Å². The first-order valence-electron chi connectivity index (χ1n) is 4.55. The lowest BCUT2D eigenvalue weighted by Crippen LogP contribution is -2.16. The minimum absolute atomic E-state index is 0.735. The number of hydrogen-bond donors (Lipinski definition) is 1. The van der Waals surface area contributed by atoms with Crippen LogP contribution in [0.2, 0.25) is 19.6 Å². The number of hydrogen-bond acceptors (Lipinski definition) is 3. The molecule has 3 nitrogen and oxygen atoms in total. The highest BCUT2D eigenvalue weighted by Crippen LogP contribution is 2.04. The SMILES string of the molecule is CNc1cnnc(C#C[Si](C)(C)C)c1. The fraction of sp³-hybridized carbons (Fsp3) is 0.400. The van der Waals surface area contributed by atoms with Crippen molar-refractivity contribution in [1.29, 1.82) is 0 Å². The summed E-state index contributed by atoms with van der Waals surface area (Å²) in [5.74, 6) is 3.06. The van der Waals surface area contributed by atoms with Gasteiger partial charge in [-0.1, -0.05) is 25.6 Å². The summed E-state index contributed by atoms with van der Waals surface area (Å²) in [5, 5.41) is 10.8. The molecule has 1 aromatic rings. The summed E-state index contributed by atoms with van der Waals surface area (Å²) >= 11 is 0. The third kappa shape index (κ3) is 3.58. The lowest BCUT2D eigenvalue weighted by atomic mass is 10.4. The van der Waals surface area contributed by atoms with Gasteiger partial charge < -0.3 is 5.32 Å². The molecule has 1 heterocycles. The topological polar surface area (TPSA) is 37.8 Å². The third-order valence-electron chi connectivity index (χ3n) is 1.51. The molecule has 0 radical (unpaired) electrons. The van der Waals surface area contributed by atoms with Crippen LogP contribution in [0.3, 0.4) is 0 Å². The quantitative estimate of drug-likeness (QED) is 0.560. The van der Waals surface area contributed by atoms with Gasteiger partial charge in [0.05, 0.1) is 11.9 Å². The number of rotatable bonds is 1. The lowest BCUT2D eigenvalue weighted by Gasteiger charge is -2.03. The van der Waals surface area contributed by atoms with Crippen molar-refractivity contribution in [3.63, 3.8) is 0 Å². The van der Waals surface area contributed by atoms with E-state index in [1.165, 1.54) is 0 Å². The Balaban J connectivity index is 2.90. The van der Waals surface area contributed by atoms with E-state index in [9.17, 15) is 0 Å². The van der Waals surface area contributed by atoms with Crippen molar-refractivity contribution in [3.05, 3.63) is 18.0 Å². The van der Waals surface area contributed by atoms with E-state index in [4.69, 9.17) is 0 Å². The molecule has 0 unspecified atom stereocenters. The summed E-state index contributed by atoms with van der Waals surface area (Å²) in [6, 6.07) is 1.90. The van der Waals surface area contributed by atoms with E-state index in [0.29, 0.717) is 0 Å². The zero-order valence-electron chi connectivity index (χ0n) is 9.05. The van der Waals surface area contributed by atoms with Crippen LogP contribution in [0.4, 0.5) is 5.69 Å². The summed E-state index contributed by atoms with van der Waals surface area (Å²) < 4.78 is 0. The zero-order valence-corrected chi connectivity index (χ0v) is 10.0. The molecule has 1 N–H and O–H groups in total. The molecule has 0 saturated heterocycles. The maximum Gasteiger partial charge on any atom is 0.137 e. The summed E-state index contributed by atoms with van der Waals surface area (Å²) in [6.07, 6.45) is 1.68. The molecule has 0 amide bonds. The van der Waals surface area contributed by atoms with Gasteiger partial charge in [-0.15, -0.1) is 10.6 Å². The van der Waals surface area contributed by atoms with Crippen LogP contribution >= 0.6 is 0 Å². The molecule has 0 bridgehead atoms. The highest BCUT2D eigenvalue weighted by molar-refractivity contribution is 6.83. The maximum absolute atomic E-state index is 3.95. The van der Waals surface area contributed by atoms with Gasteiger partial charge in [-0.3, -0.25) is 0 Å². The van der Waals surface area contributed by atoms with Crippen molar-refractivity contribution < 1.29 is 0 Å². The van der Waals surface area contributed by atoms with Gasteiger partial charge in [-0.05, 0) is 6.07 Å². The highest BCUT2D eigenvalue weighted by atomic mass is 28.3. The first kappa shape index (κ1) is 10.7. The Hall–Kier alpha value is -1.34. The molecule has 14 heavy (non-hydrogen) atoms. The van der Waals surface area contributed by atoms with E-state index in [0.717, 1.165) is 11.4 Å². The average Bonchev–Trinajstić information content (AvgIpc) is 2.14. The van der Waals surface area contributed by atoms with Gasteiger partial charge in [0.2, 0.25) is 0 Å². The molecule has 0 aromatic carbocycles. The molecular weight excluding hydrogens is 190 g/mol. The molecule has 1 aromatic heterocycles. The molecule has 0 aliphatic carbocycles. The number of anilines is 1. The first-order valence-corrected chi connectivity index (χ1v) is 8.05. The number of aromatic nitrogens is 2. The molecule has 0 spiro atoms. The summed E-state index contributed by atoms with van der Waals surface area (Å²) in [4.78, 5) is 0. The standard InChI is InChI=1S/C10H15N3Si/c1-11-10-7-9(13-12-8-10)5-6-14(2,3)4/h7-8H,1-4H3,(H,11,13). The fourth-order valence-electron chi connectivity index (χ4n) is 0.816. The Bertz CT molecular complexity index is 371. The van der Waals surface area contributed by atoms with E-state index in [1.54, 1.807) is 6.20 Å². The number of nitrogens with zero attached hydrogens (tertiary/aromatic N) is 2. The summed E-state index contributed by atoms with van der Waals surface area (Å²) in [7, 11) is 0.537. The zero-order chi connectivity index (χ0) is 10.6. The molecule has 0 aliphatic heterocycles. The molecule has 0 atom stereocenters. The van der Waals surface area contributed by atoms with Crippen LogP contribution in [0, 0.1) is 11.5 Å². The highest BCUT2D eigenvalue weighted by Gasteiger charge is 2.07. The lowest BCUT2D eigenvalue weighted by molar-refractivity contribution is 1.01. The van der Waals surface area contributed by atoms with Crippen molar-refractivity contribution in [3.8, 4) is 11.5 Å². The Kier molecular flexibility index (Phi) is 3.26. The van der Waals surface area contributed by atoms with Crippen molar-refractivity contribution in [2.75, 3.05) is 12.4 Å². The van der Waals surface area contributed by atoms with Gasteiger partial charge in [0.1, 0.15) is 13.8 Å². The maximum atomic E-state index is 3.95. The Morgan fingerprint density at radius 2 is 2.07 bits per heavy atom. The van der Waals surface area contributed by atoms with Crippen LogP contribution in [0.25, 0.3) is 0 Å². The molecule has 74 valence electrons. The normalized spacial score (nSPS) is 10.3. The van der Waals surface area contributed by atoms with E-state index < -0.39 is 8.07 Å². The van der Waals surface area contributed by atoms with Gasteiger partial charge in [-0.25, -0.2) is 0 Å².